The Bertz CT molecular complexity index is 506. The molecule has 0 saturated carbocycles. The van der Waals surface area contributed by atoms with Crippen LogP contribution in [0.4, 0.5) is 11.4 Å². The molecule has 2 aromatic rings. The van der Waals surface area contributed by atoms with Crippen molar-refractivity contribution in [2.45, 2.75) is 19.8 Å². The number of hydrogen-bond acceptors (Lipinski definition) is 1. The zero-order valence-electron chi connectivity index (χ0n) is 11.0. The van der Waals surface area contributed by atoms with Crippen LogP contribution in [0.1, 0.15) is 30.9 Å². The summed E-state index contributed by atoms with van der Waals surface area (Å²) < 4.78 is 0. The van der Waals surface area contributed by atoms with Crippen LogP contribution in [0.3, 0.4) is 0 Å². The highest BCUT2D eigenvalue weighted by Crippen LogP contribution is 2.20. The maximum atomic E-state index is 3.75. The summed E-state index contributed by atoms with van der Waals surface area (Å²) in [7, 11) is 0. The van der Waals surface area contributed by atoms with Crippen LogP contribution in [-0.4, -0.2) is 0 Å². The molecule has 1 heteroatoms. The Morgan fingerprint density at radius 1 is 0.889 bits per heavy atom. The first-order valence-corrected chi connectivity index (χ1v) is 6.28. The molecule has 0 saturated heterocycles. The Kier molecular flexibility index (Phi) is 3.83. The largest absolute Gasteiger partial charge is 0.356 e. The summed E-state index contributed by atoms with van der Waals surface area (Å²) in [5.74, 6) is 0.575. The number of benzene rings is 2. The van der Waals surface area contributed by atoms with E-state index in [1.807, 2.05) is 6.08 Å². The lowest BCUT2D eigenvalue weighted by molar-refractivity contribution is 0.867. The summed E-state index contributed by atoms with van der Waals surface area (Å²) in [6.07, 6.45) is 1.85. The van der Waals surface area contributed by atoms with Crippen LogP contribution in [0.25, 0.3) is 6.08 Å². The average Bonchev–Trinajstić information content (AvgIpc) is 2.40. The maximum absolute atomic E-state index is 3.75. The normalized spacial score (nSPS) is 10.4. The van der Waals surface area contributed by atoms with Gasteiger partial charge in [-0.15, -0.1) is 0 Å². The van der Waals surface area contributed by atoms with Crippen molar-refractivity contribution in [2.24, 2.45) is 0 Å². The molecule has 0 amide bonds. The second-order valence-corrected chi connectivity index (χ2v) is 4.73. The molecule has 0 atom stereocenters. The monoisotopic (exact) mass is 237 g/mol. The van der Waals surface area contributed by atoms with E-state index in [0.29, 0.717) is 5.92 Å². The molecule has 2 aromatic carbocycles. The number of nitrogens with one attached hydrogen (secondary N) is 1. The van der Waals surface area contributed by atoms with Gasteiger partial charge >= 0.3 is 0 Å². The van der Waals surface area contributed by atoms with Gasteiger partial charge in [-0.1, -0.05) is 50.8 Å². The summed E-state index contributed by atoms with van der Waals surface area (Å²) in [6, 6.07) is 16.8. The molecule has 0 spiro atoms. The standard InChI is InChI=1S/C17H19N/c1-4-14-5-9-16(10-6-14)18-17-11-7-15(8-12-17)13(2)3/h4-13,18H,1H2,2-3H3. The van der Waals surface area contributed by atoms with Gasteiger partial charge in [0.25, 0.3) is 0 Å². The molecule has 1 nitrogen and oxygen atoms in total. The maximum Gasteiger partial charge on any atom is 0.0384 e. The second-order valence-electron chi connectivity index (χ2n) is 4.73. The smallest absolute Gasteiger partial charge is 0.0384 e. The molecule has 1 N–H and O–H groups in total. The van der Waals surface area contributed by atoms with Crippen LogP contribution < -0.4 is 5.32 Å². The molecule has 18 heavy (non-hydrogen) atoms. The molecule has 2 rings (SSSR count). The quantitative estimate of drug-likeness (QED) is 0.771. The second kappa shape index (κ2) is 5.54. The predicted molar refractivity (Wildman–Crippen MR) is 80.3 cm³/mol. The molecule has 0 aliphatic carbocycles. The summed E-state index contributed by atoms with van der Waals surface area (Å²) >= 11 is 0. The molecule has 0 heterocycles. The van der Waals surface area contributed by atoms with Gasteiger partial charge in [-0.25, -0.2) is 0 Å². The van der Waals surface area contributed by atoms with Crippen LogP contribution in [0, 0.1) is 0 Å². The van der Waals surface area contributed by atoms with Crippen LogP contribution in [-0.2, 0) is 0 Å². The van der Waals surface area contributed by atoms with Crippen molar-refractivity contribution in [3.8, 4) is 0 Å². The lowest BCUT2D eigenvalue weighted by atomic mass is 10.0. The summed E-state index contributed by atoms with van der Waals surface area (Å²) in [6.45, 7) is 8.16. The number of anilines is 2. The Morgan fingerprint density at radius 2 is 1.39 bits per heavy atom. The van der Waals surface area contributed by atoms with Gasteiger partial charge in [0.05, 0.1) is 0 Å². The van der Waals surface area contributed by atoms with E-state index in [9.17, 15) is 0 Å². The van der Waals surface area contributed by atoms with Gasteiger partial charge < -0.3 is 5.32 Å². The molecule has 0 aliphatic heterocycles. The minimum Gasteiger partial charge on any atom is -0.356 e. The molecule has 0 fully saturated rings. The zero-order valence-corrected chi connectivity index (χ0v) is 11.0. The van der Waals surface area contributed by atoms with E-state index < -0.39 is 0 Å². The third-order valence-electron chi connectivity index (χ3n) is 3.01. The van der Waals surface area contributed by atoms with Crippen LogP contribution in [0.2, 0.25) is 0 Å². The van der Waals surface area contributed by atoms with E-state index >= 15 is 0 Å². The molecule has 0 unspecified atom stereocenters. The van der Waals surface area contributed by atoms with E-state index in [1.165, 1.54) is 5.56 Å². The molecular weight excluding hydrogens is 218 g/mol. The molecular formula is C17H19N. The highest BCUT2D eigenvalue weighted by molar-refractivity contribution is 5.62. The fourth-order valence-electron chi connectivity index (χ4n) is 1.82. The van der Waals surface area contributed by atoms with Crippen molar-refractivity contribution in [1.82, 2.24) is 0 Å². The van der Waals surface area contributed by atoms with Gasteiger partial charge in [0.2, 0.25) is 0 Å². The van der Waals surface area contributed by atoms with E-state index in [4.69, 9.17) is 0 Å². The van der Waals surface area contributed by atoms with Crippen LogP contribution in [0.5, 0.6) is 0 Å². The first kappa shape index (κ1) is 12.4. The van der Waals surface area contributed by atoms with Gasteiger partial charge in [0, 0.05) is 11.4 Å². The SMILES string of the molecule is C=Cc1ccc(Nc2ccc(C(C)C)cc2)cc1. The first-order chi connectivity index (χ1) is 8.69. The molecule has 0 bridgehead atoms. The first-order valence-electron chi connectivity index (χ1n) is 6.28. The minimum atomic E-state index is 0.575. The molecule has 0 radical (unpaired) electrons. The van der Waals surface area contributed by atoms with Crippen LogP contribution >= 0.6 is 0 Å². The highest BCUT2D eigenvalue weighted by Gasteiger charge is 1.99. The van der Waals surface area contributed by atoms with E-state index in [1.54, 1.807) is 0 Å². The Morgan fingerprint density at radius 3 is 1.83 bits per heavy atom. The van der Waals surface area contributed by atoms with Crippen LogP contribution in [0.15, 0.2) is 55.1 Å². The number of hydrogen-bond donors (Lipinski definition) is 1. The third-order valence-corrected chi connectivity index (χ3v) is 3.01. The lowest BCUT2D eigenvalue weighted by Gasteiger charge is -2.09. The highest BCUT2D eigenvalue weighted by atomic mass is 14.9. The van der Waals surface area contributed by atoms with Crippen molar-refractivity contribution < 1.29 is 0 Å². The Hall–Kier alpha value is -2.02. The van der Waals surface area contributed by atoms with Gasteiger partial charge in [-0.2, -0.15) is 0 Å². The van der Waals surface area contributed by atoms with Gasteiger partial charge in [-0.05, 0) is 41.3 Å². The van der Waals surface area contributed by atoms with Crippen molar-refractivity contribution in [1.29, 1.82) is 0 Å². The summed E-state index contributed by atoms with van der Waals surface area (Å²) in [5.41, 5.74) is 4.71. The summed E-state index contributed by atoms with van der Waals surface area (Å²) in [5, 5.41) is 3.39. The molecule has 0 aromatic heterocycles. The van der Waals surface area contributed by atoms with Crippen molar-refractivity contribution in [3.63, 3.8) is 0 Å². The molecule has 0 aliphatic rings. The van der Waals surface area contributed by atoms with Gasteiger partial charge in [0.1, 0.15) is 0 Å². The van der Waals surface area contributed by atoms with Crippen molar-refractivity contribution in [3.05, 3.63) is 66.2 Å². The van der Waals surface area contributed by atoms with Gasteiger partial charge in [0.15, 0.2) is 0 Å². The Labute approximate surface area is 109 Å². The molecule has 92 valence electrons. The average molecular weight is 237 g/mol. The minimum absolute atomic E-state index is 0.575. The fourth-order valence-corrected chi connectivity index (χ4v) is 1.82. The van der Waals surface area contributed by atoms with E-state index in [0.717, 1.165) is 16.9 Å². The van der Waals surface area contributed by atoms with E-state index in [2.05, 4.69) is 74.3 Å². The van der Waals surface area contributed by atoms with Crippen molar-refractivity contribution in [2.75, 3.05) is 5.32 Å². The topological polar surface area (TPSA) is 12.0 Å². The lowest BCUT2D eigenvalue weighted by Crippen LogP contribution is -1.92. The third kappa shape index (κ3) is 3.01. The zero-order chi connectivity index (χ0) is 13.0. The summed E-state index contributed by atoms with van der Waals surface area (Å²) in [4.78, 5) is 0. The predicted octanol–water partition coefficient (Wildman–Crippen LogP) is 5.20. The van der Waals surface area contributed by atoms with Gasteiger partial charge in [-0.3, -0.25) is 0 Å². The van der Waals surface area contributed by atoms with Crippen molar-refractivity contribution >= 4 is 17.5 Å². The number of rotatable bonds is 4. The van der Waals surface area contributed by atoms with E-state index in [-0.39, 0.29) is 0 Å². The Balaban J connectivity index is 2.10. The fraction of sp³-hybridized carbons (Fsp3) is 0.176.